The fourth-order valence-electron chi connectivity index (χ4n) is 2.72. The van der Waals surface area contributed by atoms with Crippen LogP contribution in [0.2, 0.25) is 0 Å². The highest BCUT2D eigenvalue weighted by atomic mass is 31.0. The Morgan fingerprint density at radius 1 is 1.22 bits per heavy atom. The van der Waals surface area contributed by atoms with Crippen LogP contribution in [0, 0.1) is 19.7 Å². The quantitative estimate of drug-likeness (QED) is 0.355. The average molecular weight is 331 g/mol. The molecule has 124 valence electrons. The molecule has 0 fully saturated rings. The fourth-order valence-corrected chi connectivity index (χ4v) is 2.81. The minimum absolute atomic E-state index is 0.167. The summed E-state index contributed by atoms with van der Waals surface area (Å²) in [6.07, 6.45) is 6.10. The molecular formula is C20H27FNP. The highest BCUT2D eigenvalue weighted by molar-refractivity contribution is 7.40. The van der Waals surface area contributed by atoms with Crippen molar-refractivity contribution < 1.29 is 4.39 Å². The second-order valence-electron chi connectivity index (χ2n) is 5.74. The SMILES string of the molecule is C\C=C/C(=C\C)C(/CN=C(C)P)=C(/C)c1c(C)cc(C)cc1F. The van der Waals surface area contributed by atoms with E-state index in [2.05, 4.69) is 14.2 Å². The molecule has 1 atom stereocenters. The number of rotatable bonds is 5. The van der Waals surface area contributed by atoms with Gasteiger partial charge in [-0.15, -0.1) is 0 Å². The topological polar surface area (TPSA) is 12.4 Å². The smallest absolute Gasteiger partial charge is 0.131 e. The van der Waals surface area contributed by atoms with Crippen molar-refractivity contribution >= 4 is 20.3 Å². The summed E-state index contributed by atoms with van der Waals surface area (Å²) in [6.45, 7) is 12.3. The van der Waals surface area contributed by atoms with Gasteiger partial charge in [0.2, 0.25) is 0 Å². The molecule has 0 amide bonds. The minimum Gasteiger partial charge on any atom is -0.285 e. The van der Waals surface area contributed by atoms with Gasteiger partial charge in [-0.3, -0.25) is 4.99 Å². The van der Waals surface area contributed by atoms with Crippen molar-refractivity contribution in [3.63, 3.8) is 0 Å². The van der Waals surface area contributed by atoms with Gasteiger partial charge in [-0.25, -0.2) is 4.39 Å². The maximum Gasteiger partial charge on any atom is 0.131 e. The molecule has 0 aliphatic heterocycles. The van der Waals surface area contributed by atoms with Crippen LogP contribution in [0.3, 0.4) is 0 Å². The van der Waals surface area contributed by atoms with Crippen LogP contribution in [0.4, 0.5) is 4.39 Å². The lowest BCUT2D eigenvalue weighted by atomic mass is 9.91. The number of benzene rings is 1. The fraction of sp³-hybridized carbons (Fsp3) is 0.350. The zero-order chi connectivity index (χ0) is 17.6. The van der Waals surface area contributed by atoms with E-state index in [1.165, 1.54) is 0 Å². The predicted octanol–water partition coefficient (Wildman–Crippen LogP) is 6.03. The second kappa shape index (κ2) is 8.93. The van der Waals surface area contributed by atoms with Gasteiger partial charge in [-0.2, -0.15) is 0 Å². The monoisotopic (exact) mass is 331 g/mol. The molecule has 1 aromatic rings. The van der Waals surface area contributed by atoms with E-state index in [9.17, 15) is 4.39 Å². The summed E-state index contributed by atoms with van der Waals surface area (Å²) < 4.78 is 14.6. The van der Waals surface area contributed by atoms with E-state index in [4.69, 9.17) is 0 Å². The van der Waals surface area contributed by atoms with Crippen molar-refractivity contribution in [1.82, 2.24) is 0 Å². The molecule has 0 saturated carbocycles. The van der Waals surface area contributed by atoms with E-state index in [1.807, 2.05) is 65.8 Å². The van der Waals surface area contributed by atoms with Crippen LogP contribution >= 0.6 is 9.24 Å². The third-order valence-corrected chi connectivity index (χ3v) is 3.93. The molecular weight excluding hydrogens is 304 g/mol. The first kappa shape index (κ1) is 19.5. The predicted molar refractivity (Wildman–Crippen MR) is 105 cm³/mol. The lowest BCUT2D eigenvalue weighted by Crippen LogP contribution is -2.02. The summed E-state index contributed by atoms with van der Waals surface area (Å²) in [5.41, 5.74) is 6.61. The lowest BCUT2D eigenvalue weighted by molar-refractivity contribution is 0.621. The van der Waals surface area contributed by atoms with Crippen molar-refractivity contribution in [3.05, 3.63) is 64.0 Å². The van der Waals surface area contributed by atoms with Crippen molar-refractivity contribution in [2.24, 2.45) is 4.99 Å². The molecule has 0 spiro atoms. The summed E-state index contributed by atoms with van der Waals surface area (Å²) in [7, 11) is 2.60. The molecule has 0 aromatic heterocycles. The molecule has 23 heavy (non-hydrogen) atoms. The largest absolute Gasteiger partial charge is 0.285 e. The summed E-state index contributed by atoms with van der Waals surface area (Å²) in [6, 6.07) is 3.62. The lowest BCUT2D eigenvalue weighted by Gasteiger charge is -2.16. The van der Waals surface area contributed by atoms with E-state index >= 15 is 0 Å². The Kier molecular flexibility index (Phi) is 7.58. The highest BCUT2D eigenvalue weighted by Gasteiger charge is 2.14. The Bertz CT molecular complexity index is 667. The Hall–Kier alpha value is -1.53. The molecule has 0 heterocycles. The normalized spacial score (nSPS) is 14.4. The maximum absolute atomic E-state index is 14.6. The molecule has 0 aliphatic carbocycles. The van der Waals surface area contributed by atoms with E-state index in [1.54, 1.807) is 6.07 Å². The van der Waals surface area contributed by atoms with Gasteiger partial charge in [0.05, 0.1) is 6.54 Å². The number of hydrogen-bond donors (Lipinski definition) is 0. The molecule has 3 heteroatoms. The van der Waals surface area contributed by atoms with Crippen LogP contribution in [-0.2, 0) is 0 Å². The van der Waals surface area contributed by atoms with Gasteiger partial charge >= 0.3 is 0 Å². The first-order valence-electron chi connectivity index (χ1n) is 7.84. The van der Waals surface area contributed by atoms with Gasteiger partial charge < -0.3 is 0 Å². The summed E-state index contributed by atoms with van der Waals surface area (Å²) >= 11 is 0. The number of halogens is 1. The molecule has 0 saturated heterocycles. The number of aryl methyl sites for hydroxylation is 2. The van der Waals surface area contributed by atoms with E-state index < -0.39 is 0 Å². The molecule has 1 aromatic carbocycles. The van der Waals surface area contributed by atoms with Crippen LogP contribution in [0.5, 0.6) is 0 Å². The Balaban J connectivity index is 3.60. The number of allylic oxidation sites excluding steroid dienone is 4. The standard InChI is InChI=1S/C20H27FNP/c1-7-9-17(8-2)18(12-22-16(6)23)15(5)20-14(4)10-13(3)11-19(20)21/h7-11H,12,23H2,1-6H3/b9-7-,17-8+,18-15-,22-16?. The minimum atomic E-state index is -0.167. The molecule has 0 aliphatic rings. The van der Waals surface area contributed by atoms with E-state index in [0.29, 0.717) is 12.1 Å². The van der Waals surface area contributed by atoms with Crippen molar-refractivity contribution in [2.45, 2.75) is 41.5 Å². The maximum atomic E-state index is 14.6. The van der Waals surface area contributed by atoms with Crippen LogP contribution in [0.15, 0.2) is 46.5 Å². The zero-order valence-corrected chi connectivity index (χ0v) is 16.2. The van der Waals surface area contributed by atoms with Crippen LogP contribution in [0.1, 0.15) is 44.4 Å². The van der Waals surface area contributed by atoms with Gasteiger partial charge in [-0.1, -0.05) is 33.5 Å². The third-order valence-electron chi connectivity index (χ3n) is 3.75. The number of hydrogen-bond acceptors (Lipinski definition) is 1. The van der Waals surface area contributed by atoms with Crippen molar-refractivity contribution in [2.75, 3.05) is 6.54 Å². The molecule has 0 bridgehead atoms. The molecule has 0 radical (unpaired) electrons. The molecule has 1 nitrogen and oxygen atoms in total. The number of aliphatic imine (C=N–C) groups is 1. The van der Waals surface area contributed by atoms with Crippen LogP contribution in [-0.4, -0.2) is 12.0 Å². The third kappa shape index (κ3) is 5.25. The first-order chi connectivity index (χ1) is 10.8. The average Bonchev–Trinajstić information content (AvgIpc) is 2.44. The Labute approximate surface area is 142 Å². The number of nitrogens with zero attached hydrogens (tertiary/aromatic N) is 1. The van der Waals surface area contributed by atoms with E-state index in [0.717, 1.165) is 33.3 Å². The van der Waals surface area contributed by atoms with Gasteiger partial charge in [0.25, 0.3) is 0 Å². The van der Waals surface area contributed by atoms with Crippen LogP contribution in [0.25, 0.3) is 5.57 Å². The van der Waals surface area contributed by atoms with Crippen LogP contribution < -0.4 is 0 Å². The van der Waals surface area contributed by atoms with Gasteiger partial charge in [-0.05, 0) is 75.5 Å². The first-order valence-corrected chi connectivity index (χ1v) is 8.42. The Morgan fingerprint density at radius 2 is 1.87 bits per heavy atom. The van der Waals surface area contributed by atoms with Gasteiger partial charge in [0, 0.05) is 11.0 Å². The van der Waals surface area contributed by atoms with Gasteiger partial charge in [0.1, 0.15) is 5.82 Å². The van der Waals surface area contributed by atoms with E-state index in [-0.39, 0.29) is 5.82 Å². The second-order valence-corrected chi connectivity index (χ2v) is 6.58. The van der Waals surface area contributed by atoms with Crippen molar-refractivity contribution in [3.8, 4) is 0 Å². The van der Waals surface area contributed by atoms with Gasteiger partial charge in [0.15, 0.2) is 0 Å². The highest BCUT2D eigenvalue weighted by Crippen LogP contribution is 2.30. The Morgan fingerprint density at radius 3 is 2.35 bits per heavy atom. The zero-order valence-electron chi connectivity index (χ0n) is 15.0. The molecule has 1 unspecified atom stereocenters. The summed E-state index contributed by atoms with van der Waals surface area (Å²) in [5, 5.41) is 0. The van der Waals surface area contributed by atoms with Crippen molar-refractivity contribution in [1.29, 1.82) is 0 Å². The molecule has 0 N–H and O–H groups in total. The summed E-state index contributed by atoms with van der Waals surface area (Å²) in [4.78, 5) is 4.52. The molecule has 1 rings (SSSR count). The summed E-state index contributed by atoms with van der Waals surface area (Å²) in [5.74, 6) is -0.167.